The van der Waals surface area contributed by atoms with Gasteiger partial charge in [-0.1, -0.05) is 38.5 Å². The van der Waals surface area contributed by atoms with Crippen molar-refractivity contribution in [3.05, 3.63) is 0 Å². The first-order chi connectivity index (χ1) is 9.04. The zero-order chi connectivity index (χ0) is 14.6. The molecule has 0 aromatic heterocycles. The van der Waals surface area contributed by atoms with Gasteiger partial charge in [-0.2, -0.15) is 0 Å². The van der Waals surface area contributed by atoms with E-state index in [0.29, 0.717) is 12.8 Å². The topological polar surface area (TPSA) is 80.9 Å². The zero-order valence-corrected chi connectivity index (χ0v) is 12.4. The maximum absolute atomic E-state index is 10.2. The van der Waals surface area contributed by atoms with Gasteiger partial charge in [-0.05, 0) is 32.6 Å². The average Bonchev–Trinajstić information content (AvgIpc) is 2.38. The molecule has 0 aromatic rings. The minimum atomic E-state index is -1.00. The molecule has 0 aliphatic rings. The van der Waals surface area contributed by atoms with Crippen LogP contribution >= 0.6 is 0 Å². The molecule has 116 valence electrons. The Morgan fingerprint density at radius 1 is 0.789 bits per heavy atom. The molecule has 19 heavy (non-hydrogen) atoms. The SMILES string of the molecule is CC(O)(CCCCCCO)C(O)CCCCCCO. The Hall–Kier alpha value is -0.160. The summed E-state index contributed by atoms with van der Waals surface area (Å²) in [6.07, 6.45) is 7.90. The van der Waals surface area contributed by atoms with Crippen LogP contribution in [-0.2, 0) is 0 Å². The third-order valence-corrected chi connectivity index (χ3v) is 3.69. The maximum atomic E-state index is 10.2. The van der Waals surface area contributed by atoms with Crippen molar-refractivity contribution < 1.29 is 20.4 Å². The molecule has 4 N–H and O–H groups in total. The largest absolute Gasteiger partial charge is 0.396 e. The van der Waals surface area contributed by atoms with E-state index in [-0.39, 0.29) is 13.2 Å². The predicted molar refractivity (Wildman–Crippen MR) is 77.0 cm³/mol. The number of hydrogen-bond acceptors (Lipinski definition) is 4. The van der Waals surface area contributed by atoms with Crippen molar-refractivity contribution in [2.45, 2.75) is 82.8 Å². The Kier molecular flexibility index (Phi) is 11.6. The van der Waals surface area contributed by atoms with Crippen LogP contribution < -0.4 is 0 Å². The molecule has 0 amide bonds. The first-order valence-corrected chi connectivity index (χ1v) is 7.66. The van der Waals surface area contributed by atoms with Gasteiger partial charge in [-0.25, -0.2) is 0 Å². The molecule has 2 atom stereocenters. The van der Waals surface area contributed by atoms with E-state index in [1.807, 2.05) is 0 Å². The van der Waals surface area contributed by atoms with Gasteiger partial charge in [0.05, 0.1) is 11.7 Å². The molecule has 0 heterocycles. The van der Waals surface area contributed by atoms with E-state index < -0.39 is 11.7 Å². The van der Waals surface area contributed by atoms with Gasteiger partial charge in [0, 0.05) is 13.2 Å². The van der Waals surface area contributed by atoms with Gasteiger partial charge in [0.25, 0.3) is 0 Å². The van der Waals surface area contributed by atoms with Crippen LogP contribution in [0.1, 0.15) is 71.1 Å². The lowest BCUT2D eigenvalue weighted by atomic mass is 9.89. The van der Waals surface area contributed by atoms with Crippen LogP contribution in [0, 0.1) is 0 Å². The molecule has 0 saturated carbocycles. The fraction of sp³-hybridized carbons (Fsp3) is 1.00. The molecular weight excluding hydrogens is 244 g/mol. The summed E-state index contributed by atoms with van der Waals surface area (Å²) in [7, 11) is 0. The number of unbranched alkanes of at least 4 members (excludes halogenated alkanes) is 6. The second-order valence-electron chi connectivity index (χ2n) is 5.69. The van der Waals surface area contributed by atoms with Crippen LogP contribution in [0.25, 0.3) is 0 Å². The van der Waals surface area contributed by atoms with E-state index in [1.165, 1.54) is 0 Å². The molecule has 4 nitrogen and oxygen atoms in total. The summed E-state index contributed by atoms with van der Waals surface area (Å²) in [5.41, 5.74) is -1.00. The van der Waals surface area contributed by atoms with Crippen LogP contribution in [0.5, 0.6) is 0 Å². The average molecular weight is 276 g/mol. The normalized spacial score (nSPS) is 16.3. The van der Waals surface area contributed by atoms with E-state index >= 15 is 0 Å². The predicted octanol–water partition coefficient (Wildman–Crippen LogP) is 1.98. The fourth-order valence-electron chi connectivity index (χ4n) is 2.23. The van der Waals surface area contributed by atoms with Crippen LogP contribution in [-0.4, -0.2) is 45.3 Å². The minimum absolute atomic E-state index is 0.229. The summed E-state index contributed by atoms with van der Waals surface area (Å²) in [5, 5.41) is 37.5. The van der Waals surface area contributed by atoms with Gasteiger partial charge in [0.2, 0.25) is 0 Å². The minimum Gasteiger partial charge on any atom is -0.396 e. The van der Waals surface area contributed by atoms with Gasteiger partial charge in [0.1, 0.15) is 0 Å². The van der Waals surface area contributed by atoms with Gasteiger partial charge >= 0.3 is 0 Å². The lowest BCUT2D eigenvalue weighted by molar-refractivity contribution is -0.0721. The maximum Gasteiger partial charge on any atom is 0.0877 e. The third-order valence-electron chi connectivity index (χ3n) is 3.69. The molecule has 0 aliphatic carbocycles. The Morgan fingerprint density at radius 2 is 1.26 bits per heavy atom. The van der Waals surface area contributed by atoms with Crippen molar-refractivity contribution >= 4 is 0 Å². The molecule has 0 spiro atoms. The van der Waals surface area contributed by atoms with Crippen LogP contribution in [0.15, 0.2) is 0 Å². The Balaban J connectivity index is 3.65. The molecule has 0 saturated heterocycles. The molecule has 0 aliphatic heterocycles. The van der Waals surface area contributed by atoms with E-state index in [9.17, 15) is 10.2 Å². The van der Waals surface area contributed by atoms with Crippen LogP contribution in [0.3, 0.4) is 0 Å². The molecule has 0 radical (unpaired) electrons. The second kappa shape index (κ2) is 11.6. The summed E-state index contributed by atoms with van der Waals surface area (Å²) in [6.45, 7) is 2.17. The van der Waals surface area contributed by atoms with Gasteiger partial charge in [-0.3, -0.25) is 0 Å². The summed E-state index contributed by atoms with van der Waals surface area (Å²) >= 11 is 0. The standard InChI is InChI=1S/C15H32O4/c1-15(19,11-7-3-5-9-13-17)14(18)10-6-2-4-8-12-16/h14,16-19H,2-13H2,1H3. The van der Waals surface area contributed by atoms with E-state index in [4.69, 9.17) is 10.2 Å². The summed E-state index contributed by atoms with van der Waals surface area (Å²) in [4.78, 5) is 0. The van der Waals surface area contributed by atoms with Crippen molar-refractivity contribution in [3.8, 4) is 0 Å². The molecule has 0 fully saturated rings. The summed E-state index contributed by atoms with van der Waals surface area (Å²) < 4.78 is 0. The van der Waals surface area contributed by atoms with Crippen molar-refractivity contribution in [2.75, 3.05) is 13.2 Å². The highest BCUT2D eigenvalue weighted by molar-refractivity contribution is 4.81. The molecule has 4 heteroatoms. The fourth-order valence-corrected chi connectivity index (χ4v) is 2.23. The third kappa shape index (κ3) is 10.3. The Labute approximate surface area is 117 Å². The first kappa shape index (κ1) is 18.8. The molecule has 0 bridgehead atoms. The number of rotatable bonds is 13. The molecule has 0 aromatic carbocycles. The van der Waals surface area contributed by atoms with E-state index in [2.05, 4.69) is 0 Å². The number of aliphatic hydroxyl groups excluding tert-OH is 3. The van der Waals surface area contributed by atoms with Gasteiger partial charge in [0.15, 0.2) is 0 Å². The van der Waals surface area contributed by atoms with E-state index in [0.717, 1.165) is 51.4 Å². The lowest BCUT2D eigenvalue weighted by Gasteiger charge is -2.29. The highest BCUT2D eigenvalue weighted by atomic mass is 16.3. The number of aliphatic hydroxyl groups is 4. The number of hydrogen-bond donors (Lipinski definition) is 4. The summed E-state index contributed by atoms with van der Waals surface area (Å²) in [5.74, 6) is 0. The Morgan fingerprint density at radius 3 is 1.79 bits per heavy atom. The second-order valence-corrected chi connectivity index (χ2v) is 5.69. The van der Waals surface area contributed by atoms with Gasteiger partial charge in [-0.15, -0.1) is 0 Å². The highest BCUT2D eigenvalue weighted by Crippen LogP contribution is 2.23. The van der Waals surface area contributed by atoms with Gasteiger partial charge < -0.3 is 20.4 Å². The molecule has 0 rings (SSSR count). The lowest BCUT2D eigenvalue weighted by Crippen LogP contribution is -2.39. The van der Waals surface area contributed by atoms with Crippen molar-refractivity contribution in [1.82, 2.24) is 0 Å². The highest BCUT2D eigenvalue weighted by Gasteiger charge is 2.28. The van der Waals surface area contributed by atoms with Crippen LogP contribution in [0.4, 0.5) is 0 Å². The Bertz CT molecular complexity index is 195. The van der Waals surface area contributed by atoms with E-state index in [1.54, 1.807) is 6.92 Å². The zero-order valence-electron chi connectivity index (χ0n) is 12.4. The first-order valence-electron chi connectivity index (χ1n) is 7.66. The smallest absolute Gasteiger partial charge is 0.0877 e. The van der Waals surface area contributed by atoms with Crippen molar-refractivity contribution in [3.63, 3.8) is 0 Å². The van der Waals surface area contributed by atoms with Crippen LogP contribution in [0.2, 0.25) is 0 Å². The van der Waals surface area contributed by atoms with Crippen molar-refractivity contribution in [2.24, 2.45) is 0 Å². The monoisotopic (exact) mass is 276 g/mol. The molecule has 2 unspecified atom stereocenters. The summed E-state index contributed by atoms with van der Waals surface area (Å²) in [6, 6.07) is 0. The molecular formula is C15H32O4. The van der Waals surface area contributed by atoms with Crippen molar-refractivity contribution in [1.29, 1.82) is 0 Å². The quantitative estimate of drug-likeness (QED) is 0.388.